The number of halogens is 1. The number of amides is 1. The van der Waals surface area contributed by atoms with Gasteiger partial charge in [-0.15, -0.1) is 0 Å². The predicted octanol–water partition coefficient (Wildman–Crippen LogP) is 0.853. The first-order chi connectivity index (χ1) is 9.38. The first kappa shape index (κ1) is 14.9. The summed E-state index contributed by atoms with van der Waals surface area (Å²) >= 11 is 0. The van der Waals surface area contributed by atoms with Crippen LogP contribution < -0.4 is 5.73 Å². The Balaban J connectivity index is 2.09. The maximum Gasteiger partial charge on any atom is 0.221 e. The number of benzene rings is 1. The summed E-state index contributed by atoms with van der Waals surface area (Å²) in [5.74, 6) is -1.49. The minimum absolute atomic E-state index is 0.138. The third kappa shape index (κ3) is 3.55. The first-order valence-corrected chi connectivity index (χ1v) is 8.01. The van der Waals surface area contributed by atoms with E-state index in [2.05, 4.69) is 0 Å². The lowest BCUT2D eigenvalue weighted by Gasteiger charge is -2.30. The highest BCUT2D eigenvalue weighted by atomic mass is 32.2. The van der Waals surface area contributed by atoms with Gasteiger partial charge in [0.05, 0.1) is 11.7 Å². The molecular weight excluding hydrogens is 283 g/mol. The maximum atomic E-state index is 12.8. The lowest BCUT2D eigenvalue weighted by Crippen LogP contribution is -2.44. The highest BCUT2D eigenvalue weighted by Gasteiger charge is 2.31. The summed E-state index contributed by atoms with van der Waals surface area (Å²) in [6.45, 7) is 0.534. The highest BCUT2D eigenvalue weighted by Crippen LogP contribution is 2.21. The number of hydrogen-bond donors (Lipinski definition) is 1. The number of sulfonamides is 1. The van der Waals surface area contributed by atoms with Gasteiger partial charge in [0, 0.05) is 13.1 Å². The zero-order valence-corrected chi connectivity index (χ0v) is 11.8. The molecule has 2 rings (SSSR count). The van der Waals surface area contributed by atoms with Gasteiger partial charge < -0.3 is 5.73 Å². The standard InChI is InChI=1S/C13H17FN2O3S/c14-12-5-3-10(4-6-12)9-20(18,19)16-7-1-2-11(8-16)13(15)17/h3-6,11H,1-2,7-9H2,(H2,15,17)/t11-/m0/s1. The summed E-state index contributed by atoms with van der Waals surface area (Å²) in [6.07, 6.45) is 1.24. The van der Waals surface area contributed by atoms with Crippen LogP contribution in [-0.2, 0) is 20.6 Å². The quantitative estimate of drug-likeness (QED) is 0.895. The summed E-state index contributed by atoms with van der Waals surface area (Å²) in [5.41, 5.74) is 5.76. The van der Waals surface area contributed by atoms with Crippen LogP contribution >= 0.6 is 0 Å². The van der Waals surface area contributed by atoms with E-state index in [-0.39, 0.29) is 12.3 Å². The Morgan fingerprint density at radius 2 is 2.00 bits per heavy atom. The Hall–Kier alpha value is -1.47. The minimum Gasteiger partial charge on any atom is -0.369 e. The van der Waals surface area contributed by atoms with Gasteiger partial charge in [-0.3, -0.25) is 4.79 Å². The van der Waals surface area contributed by atoms with Crippen molar-refractivity contribution in [3.05, 3.63) is 35.6 Å². The molecule has 0 saturated carbocycles. The highest BCUT2D eigenvalue weighted by molar-refractivity contribution is 7.88. The van der Waals surface area contributed by atoms with Crippen molar-refractivity contribution in [1.29, 1.82) is 0 Å². The molecule has 5 nitrogen and oxygen atoms in total. The van der Waals surface area contributed by atoms with Gasteiger partial charge in [-0.1, -0.05) is 12.1 Å². The fourth-order valence-electron chi connectivity index (χ4n) is 2.31. The SMILES string of the molecule is NC(=O)[C@H]1CCCN(S(=O)(=O)Cc2ccc(F)cc2)C1. The van der Waals surface area contributed by atoms with Crippen molar-refractivity contribution in [2.45, 2.75) is 18.6 Å². The molecule has 1 fully saturated rings. The number of nitrogens with zero attached hydrogens (tertiary/aromatic N) is 1. The van der Waals surface area contributed by atoms with E-state index in [1.165, 1.54) is 28.6 Å². The number of hydrogen-bond acceptors (Lipinski definition) is 3. The molecule has 1 saturated heterocycles. The van der Waals surface area contributed by atoms with Gasteiger partial charge in [0.15, 0.2) is 0 Å². The minimum atomic E-state index is -3.51. The normalized spacial score (nSPS) is 20.8. The van der Waals surface area contributed by atoms with Crippen LogP contribution in [0.15, 0.2) is 24.3 Å². The van der Waals surface area contributed by atoms with E-state index < -0.39 is 27.7 Å². The van der Waals surface area contributed by atoms with Gasteiger partial charge in [0.25, 0.3) is 0 Å². The van der Waals surface area contributed by atoms with Gasteiger partial charge in [0.1, 0.15) is 5.82 Å². The fourth-order valence-corrected chi connectivity index (χ4v) is 3.92. The Morgan fingerprint density at radius 1 is 1.35 bits per heavy atom. The Labute approximate surface area is 117 Å². The van der Waals surface area contributed by atoms with E-state index in [1.807, 2.05) is 0 Å². The molecule has 0 bridgehead atoms. The van der Waals surface area contributed by atoms with E-state index in [0.717, 1.165) is 0 Å². The second-order valence-electron chi connectivity index (χ2n) is 4.98. The molecule has 1 aliphatic rings. The summed E-state index contributed by atoms with van der Waals surface area (Å²) in [6, 6.07) is 5.35. The van der Waals surface area contributed by atoms with Crippen LogP contribution in [0.1, 0.15) is 18.4 Å². The van der Waals surface area contributed by atoms with Crippen molar-refractivity contribution >= 4 is 15.9 Å². The zero-order valence-electron chi connectivity index (χ0n) is 11.0. The van der Waals surface area contributed by atoms with Crippen molar-refractivity contribution in [2.75, 3.05) is 13.1 Å². The average molecular weight is 300 g/mol. The molecule has 0 aliphatic carbocycles. The summed E-state index contributed by atoms with van der Waals surface area (Å²) in [4.78, 5) is 11.2. The number of primary amides is 1. The summed E-state index contributed by atoms with van der Waals surface area (Å²) in [7, 11) is -3.51. The maximum absolute atomic E-state index is 12.8. The lowest BCUT2D eigenvalue weighted by atomic mass is 9.99. The van der Waals surface area contributed by atoms with Crippen molar-refractivity contribution in [2.24, 2.45) is 11.7 Å². The molecule has 7 heteroatoms. The van der Waals surface area contributed by atoms with Crippen molar-refractivity contribution in [1.82, 2.24) is 4.31 Å². The molecule has 0 unspecified atom stereocenters. The van der Waals surface area contributed by atoms with Gasteiger partial charge in [-0.2, -0.15) is 0 Å². The van der Waals surface area contributed by atoms with E-state index in [9.17, 15) is 17.6 Å². The Morgan fingerprint density at radius 3 is 2.60 bits per heavy atom. The molecule has 2 N–H and O–H groups in total. The van der Waals surface area contributed by atoms with Crippen LogP contribution in [0.5, 0.6) is 0 Å². The molecule has 1 aromatic rings. The van der Waals surface area contributed by atoms with Gasteiger partial charge >= 0.3 is 0 Å². The Kier molecular flexibility index (Phi) is 4.39. The van der Waals surface area contributed by atoms with Gasteiger partial charge in [-0.25, -0.2) is 17.1 Å². The smallest absolute Gasteiger partial charge is 0.221 e. The fraction of sp³-hybridized carbons (Fsp3) is 0.462. The van der Waals surface area contributed by atoms with Crippen LogP contribution in [0.25, 0.3) is 0 Å². The van der Waals surface area contributed by atoms with E-state index in [4.69, 9.17) is 5.73 Å². The zero-order chi connectivity index (χ0) is 14.8. The van der Waals surface area contributed by atoms with Crippen LogP contribution in [0.3, 0.4) is 0 Å². The number of rotatable bonds is 4. The van der Waals surface area contributed by atoms with Crippen LogP contribution in [0, 0.1) is 11.7 Å². The van der Waals surface area contributed by atoms with Crippen molar-refractivity contribution in [3.63, 3.8) is 0 Å². The molecule has 1 aromatic carbocycles. The summed E-state index contributed by atoms with van der Waals surface area (Å²) < 4.78 is 38.7. The second-order valence-corrected chi connectivity index (χ2v) is 6.95. The number of piperidine rings is 1. The van der Waals surface area contributed by atoms with Crippen molar-refractivity contribution in [3.8, 4) is 0 Å². The summed E-state index contributed by atoms with van der Waals surface area (Å²) in [5, 5.41) is 0. The largest absolute Gasteiger partial charge is 0.369 e. The first-order valence-electron chi connectivity index (χ1n) is 6.40. The molecule has 1 atom stereocenters. The molecule has 20 heavy (non-hydrogen) atoms. The van der Waals surface area contributed by atoms with Crippen LogP contribution in [0.4, 0.5) is 4.39 Å². The molecule has 0 aromatic heterocycles. The number of nitrogens with two attached hydrogens (primary N) is 1. The van der Waals surface area contributed by atoms with Gasteiger partial charge in [-0.05, 0) is 30.5 Å². The topological polar surface area (TPSA) is 80.5 Å². The second kappa shape index (κ2) is 5.88. The third-order valence-electron chi connectivity index (χ3n) is 3.44. The molecule has 1 aliphatic heterocycles. The van der Waals surface area contributed by atoms with E-state index >= 15 is 0 Å². The van der Waals surface area contributed by atoms with E-state index in [0.29, 0.717) is 24.9 Å². The Bertz CT molecular complexity index is 586. The van der Waals surface area contributed by atoms with Crippen LogP contribution in [-0.4, -0.2) is 31.7 Å². The lowest BCUT2D eigenvalue weighted by molar-refractivity contribution is -0.122. The van der Waals surface area contributed by atoms with Gasteiger partial charge in [0.2, 0.25) is 15.9 Å². The molecule has 0 spiro atoms. The molecule has 1 heterocycles. The van der Waals surface area contributed by atoms with Crippen molar-refractivity contribution < 1.29 is 17.6 Å². The van der Waals surface area contributed by atoms with Crippen LogP contribution in [0.2, 0.25) is 0 Å². The van der Waals surface area contributed by atoms with E-state index in [1.54, 1.807) is 0 Å². The molecule has 0 radical (unpaired) electrons. The number of carbonyl (C=O) groups is 1. The third-order valence-corrected chi connectivity index (χ3v) is 5.26. The molecular formula is C13H17FN2O3S. The molecule has 1 amide bonds. The average Bonchev–Trinajstić information content (AvgIpc) is 2.41. The number of carbonyl (C=O) groups excluding carboxylic acids is 1. The molecule has 110 valence electrons. The predicted molar refractivity (Wildman–Crippen MR) is 72.5 cm³/mol. The monoisotopic (exact) mass is 300 g/mol.